The third-order valence-corrected chi connectivity index (χ3v) is 3.79. The zero-order valence-electron chi connectivity index (χ0n) is 9.68. The molecule has 0 aromatic rings. The molecule has 0 amide bonds. The molecule has 0 bridgehead atoms. The van der Waals surface area contributed by atoms with Crippen molar-refractivity contribution in [2.75, 3.05) is 0 Å². The zero-order valence-corrected chi connectivity index (χ0v) is 9.68. The van der Waals surface area contributed by atoms with Crippen LogP contribution >= 0.6 is 0 Å². The van der Waals surface area contributed by atoms with Crippen LogP contribution in [-0.2, 0) is 4.79 Å². The molecular weight excluding hydrogens is 174 g/mol. The SMILES string of the molecule is CCCC1(C)NC=CCC1(C)C(C)=O. The highest BCUT2D eigenvalue weighted by Crippen LogP contribution is 2.41. The van der Waals surface area contributed by atoms with E-state index in [9.17, 15) is 4.79 Å². The molecule has 2 atom stereocenters. The molecule has 2 unspecified atom stereocenters. The van der Waals surface area contributed by atoms with Gasteiger partial charge in [-0.3, -0.25) is 4.79 Å². The van der Waals surface area contributed by atoms with Crippen molar-refractivity contribution in [2.24, 2.45) is 5.41 Å². The van der Waals surface area contributed by atoms with E-state index < -0.39 is 0 Å². The molecule has 1 heterocycles. The first-order valence-electron chi connectivity index (χ1n) is 5.40. The van der Waals surface area contributed by atoms with Gasteiger partial charge in [-0.15, -0.1) is 0 Å². The summed E-state index contributed by atoms with van der Waals surface area (Å²) in [6.45, 7) is 8.09. The lowest BCUT2D eigenvalue weighted by Gasteiger charge is -2.47. The van der Waals surface area contributed by atoms with Gasteiger partial charge in [0.25, 0.3) is 0 Å². The molecule has 2 heteroatoms. The number of Topliss-reactive ketones (excluding diaryl/α,β-unsaturated/α-hetero) is 1. The molecule has 0 radical (unpaired) electrons. The van der Waals surface area contributed by atoms with Crippen molar-refractivity contribution in [2.45, 2.75) is 52.5 Å². The molecule has 1 rings (SSSR count). The van der Waals surface area contributed by atoms with Gasteiger partial charge in [-0.2, -0.15) is 0 Å². The van der Waals surface area contributed by atoms with Crippen LogP contribution in [0.5, 0.6) is 0 Å². The third-order valence-electron chi connectivity index (χ3n) is 3.79. The van der Waals surface area contributed by atoms with E-state index in [4.69, 9.17) is 0 Å². The van der Waals surface area contributed by atoms with Crippen molar-refractivity contribution in [3.8, 4) is 0 Å². The summed E-state index contributed by atoms with van der Waals surface area (Å²) in [6.07, 6.45) is 7.03. The van der Waals surface area contributed by atoms with E-state index in [1.165, 1.54) is 0 Å². The Hall–Kier alpha value is -0.790. The summed E-state index contributed by atoms with van der Waals surface area (Å²) in [5, 5.41) is 3.37. The van der Waals surface area contributed by atoms with E-state index in [2.05, 4.69) is 32.2 Å². The lowest BCUT2D eigenvalue weighted by Crippen LogP contribution is -2.57. The van der Waals surface area contributed by atoms with E-state index in [0.29, 0.717) is 0 Å². The van der Waals surface area contributed by atoms with Gasteiger partial charge in [-0.05, 0) is 32.9 Å². The Labute approximate surface area is 86.8 Å². The molecule has 0 saturated heterocycles. The van der Waals surface area contributed by atoms with E-state index in [0.717, 1.165) is 19.3 Å². The smallest absolute Gasteiger partial charge is 0.138 e. The second-order valence-electron chi connectivity index (χ2n) is 4.72. The fourth-order valence-corrected chi connectivity index (χ4v) is 2.30. The summed E-state index contributed by atoms with van der Waals surface area (Å²) in [5.41, 5.74) is -0.333. The largest absolute Gasteiger partial charge is 0.385 e. The molecule has 0 fully saturated rings. The van der Waals surface area contributed by atoms with Crippen LogP contribution in [0.3, 0.4) is 0 Å². The Bertz CT molecular complexity index is 259. The third kappa shape index (κ3) is 1.58. The fraction of sp³-hybridized carbons (Fsp3) is 0.750. The highest BCUT2D eigenvalue weighted by atomic mass is 16.1. The molecular formula is C12H21NO. The van der Waals surface area contributed by atoms with Gasteiger partial charge in [0.1, 0.15) is 5.78 Å². The first-order valence-corrected chi connectivity index (χ1v) is 5.40. The highest BCUT2D eigenvalue weighted by Gasteiger charge is 2.47. The maximum atomic E-state index is 11.7. The number of allylic oxidation sites excluding steroid dienone is 1. The van der Waals surface area contributed by atoms with Gasteiger partial charge < -0.3 is 5.32 Å². The summed E-state index contributed by atoms with van der Waals surface area (Å²) < 4.78 is 0. The Morgan fingerprint density at radius 1 is 1.50 bits per heavy atom. The van der Waals surface area contributed by atoms with Gasteiger partial charge in [-0.25, -0.2) is 0 Å². The Morgan fingerprint density at radius 3 is 2.64 bits per heavy atom. The number of nitrogens with one attached hydrogen (secondary N) is 1. The van der Waals surface area contributed by atoms with Crippen molar-refractivity contribution in [1.82, 2.24) is 5.32 Å². The quantitative estimate of drug-likeness (QED) is 0.750. The number of carbonyl (C=O) groups excluding carboxylic acids is 1. The summed E-state index contributed by atoms with van der Waals surface area (Å²) in [7, 11) is 0. The zero-order chi connectivity index (χ0) is 10.8. The van der Waals surface area contributed by atoms with Crippen LogP contribution in [0.15, 0.2) is 12.3 Å². The standard InChI is InChI=1S/C12H21NO/c1-5-7-12(4)11(3,10(2)14)8-6-9-13-12/h6,9,13H,5,7-8H2,1-4H3. The molecule has 0 aromatic heterocycles. The molecule has 1 aliphatic heterocycles. The number of ketones is 1. The normalized spacial score (nSPS) is 36.6. The van der Waals surface area contributed by atoms with Crippen molar-refractivity contribution in [3.63, 3.8) is 0 Å². The number of carbonyl (C=O) groups is 1. The summed E-state index contributed by atoms with van der Waals surface area (Å²) in [4.78, 5) is 11.7. The Morgan fingerprint density at radius 2 is 2.14 bits per heavy atom. The van der Waals surface area contributed by atoms with Crippen LogP contribution in [0, 0.1) is 5.41 Å². The number of hydrogen-bond donors (Lipinski definition) is 1. The first-order chi connectivity index (χ1) is 6.46. The minimum atomic E-state index is -0.252. The van der Waals surface area contributed by atoms with Crippen LogP contribution < -0.4 is 5.32 Å². The maximum absolute atomic E-state index is 11.7. The number of hydrogen-bond acceptors (Lipinski definition) is 2. The van der Waals surface area contributed by atoms with Gasteiger partial charge in [0, 0.05) is 5.54 Å². The van der Waals surface area contributed by atoms with Crippen molar-refractivity contribution in [3.05, 3.63) is 12.3 Å². The van der Waals surface area contributed by atoms with Crippen molar-refractivity contribution in [1.29, 1.82) is 0 Å². The Kier molecular flexibility index (Phi) is 3.03. The Balaban J connectivity index is 3.01. The average molecular weight is 195 g/mol. The van der Waals surface area contributed by atoms with E-state index in [-0.39, 0.29) is 16.7 Å². The molecule has 14 heavy (non-hydrogen) atoms. The second kappa shape index (κ2) is 3.76. The van der Waals surface area contributed by atoms with Crippen LogP contribution in [0.4, 0.5) is 0 Å². The van der Waals surface area contributed by atoms with Gasteiger partial charge in [0.2, 0.25) is 0 Å². The van der Waals surface area contributed by atoms with Gasteiger partial charge in [0.05, 0.1) is 5.41 Å². The molecule has 0 saturated carbocycles. The van der Waals surface area contributed by atoms with E-state index in [1.807, 2.05) is 6.20 Å². The van der Waals surface area contributed by atoms with E-state index in [1.54, 1.807) is 6.92 Å². The topological polar surface area (TPSA) is 29.1 Å². The summed E-state index contributed by atoms with van der Waals surface area (Å²) in [5.74, 6) is 0.283. The molecule has 0 aliphatic carbocycles. The first kappa shape index (κ1) is 11.3. The van der Waals surface area contributed by atoms with Crippen LogP contribution in [-0.4, -0.2) is 11.3 Å². The van der Waals surface area contributed by atoms with Gasteiger partial charge in [0.15, 0.2) is 0 Å². The predicted octanol–water partition coefficient (Wildman–Crippen LogP) is 2.65. The second-order valence-corrected chi connectivity index (χ2v) is 4.72. The molecule has 1 N–H and O–H groups in total. The number of rotatable bonds is 3. The highest BCUT2D eigenvalue weighted by molar-refractivity contribution is 5.84. The van der Waals surface area contributed by atoms with Crippen molar-refractivity contribution < 1.29 is 4.79 Å². The van der Waals surface area contributed by atoms with E-state index >= 15 is 0 Å². The average Bonchev–Trinajstić information content (AvgIpc) is 2.10. The monoisotopic (exact) mass is 195 g/mol. The minimum Gasteiger partial charge on any atom is -0.385 e. The summed E-state index contributed by atoms with van der Waals surface area (Å²) in [6, 6.07) is 0. The summed E-state index contributed by atoms with van der Waals surface area (Å²) >= 11 is 0. The van der Waals surface area contributed by atoms with Crippen LogP contribution in [0.2, 0.25) is 0 Å². The molecule has 80 valence electrons. The lowest BCUT2D eigenvalue weighted by molar-refractivity contribution is -0.130. The minimum absolute atomic E-state index is 0.0810. The molecule has 1 aliphatic rings. The molecule has 0 spiro atoms. The van der Waals surface area contributed by atoms with Crippen LogP contribution in [0.1, 0.15) is 47.0 Å². The fourth-order valence-electron chi connectivity index (χ4n) is 2.30. The lowest BCUT2D eigenvalue weighted by atomic mass is 9.64. The van der Waals surface area contributed by atoms with Gasteiger partial charge in [-0.1, -0.05) is 26.3 Å². The molecule has 0 aromatic carbocycles. The van der Waals surface area contributed by atoms with Gasteiger partial charge >= 0.3 is 0 Å². The maximum Gasteiger partial charge on any atom is 0.138 e. The molecule has 2 nitrogen and oxygen atoms in total. The van der Waals surface area contributed by atoms with Crippen LogP contribution in [0.25, 0.3) is 0 Å². The predicted molar refractivity (Wildman–Crippen MR) is 59.0 cm³/mol. The van der Waals surface area contributed by atoms with Crippen molar-refractivity contribution >= 4 is 5.78 Å².